The number of thiophene rings is 1. The smallest absolute Gasteiger partial charge is 0.341 e. The number of carbonyl (C=O) groups is 1. The summed E-state index contributed by atoms with van der Waals surface area (Å²) >= 11 is 7.25. The summed E-state index contributed by atoms with van der Waals surface area (Å²) in [4.78, 5) is 13.8. The first-order valence-corrected chi connectivity index (χ1v) is 11.2. The molecule has 3 rings (SSSR count). The summed E-state index contributed by atoms with van der Waals surface area (Å²) in [6, 6.07) is 0.445. The van der Waals surface area contributed by atoms with Crippen LogP contribution in [0.1, 0.15) is 85.0 Å². The quantitative estimate of drug-likeness (QED) is 0.419. The average molecular weight is 395 g/mol. The average Bonchev–Trinajstić information content (AvgIpc) is 2.77. The third-order valence-corrected chi connectivity index (χ3v) is 6.91. The SMILES string of the molecule is COC(=O)c1c(NC(=S)NC2CCCCCC2)sc2c1CCCCCC2. The predicted molar refractivity (Wildman–Crippen MR) is 112 cm³/mol. The zero-order valence-electron chi connectivity index (χ0n) is 15.7. The molecule has 2 aliphatic carbocycles. The van der Waals surface area contributed by atoms with Crippen LogP contribution in [-0.2, 0) is 17.6 Å². The lowest BCUT2D eigenvalue weighted by molar-refractivity contribution is 0.0601. The van der Waals surface area contributed by atoms with Gasteiger partial charge in [-0.05, 0) is 56.3 Å². The van der Waals surface area contributed by atoms with Crippen molar-refractivity contribution < 1.29 is 9.53 Å². The highest BCUT2D eigenvalue weighted by Crippen LogP contribution is 2.37. The lowest BCUT2D eigenvalue weighted by atomic mass is 9.96. The fourth-order valence-electron chi connectivity index (χ4n) is 4.07. The number of esters is 1. The molecule has 26 heavy (non-hydrogen) atoms. The van der Waals surface area contributed by atoms with Crippen molar-refractivity contribution in [2.75, 3.05) is 12.4 Å². The van der Waals surface area contributed by atoms with Gasteiger partial charge in [-0.2, -0.15) is 0 Å². The fraction of sp³-hybridized carbons (Fsp3) is 0.700. The van der Waals surface area contributed by atoms with E-state index in [1.165, 1.54) is 75.3 Å². The summed E-state index contributed by atoms with van der Waals surface area (Å²) in [5.41, 5.74) is 1.89. The summed E-state index contributed by atoms with van der Waals surface area (Å²) in [5, 5.41) is 8.29. The van der Waals surface area contributed by atoms with Gasteiger partial charge in [0.1, 0.15) is 5.00 Å². The topological polar surface area (TPSA) is 50.4 Å². The van der Waals surface area contributed by atoms with Gasteiger partial charge >= 0.3 is 5.97 Å². The van der Waals surface area contributed by atoms with Gasteiger partial charge in [0.25, 0.3) is 0 Å². The number of aryl methyl sites for hydroxylation is 1. The normalized spacial score (nSPS) is 18.8. The van der Waals surface area contributed by atoms with E-state index in [0.29, 0.717) is 16.7 Å². The molecule has 0 spiro atoms. The molecule has 0 amide bonds. The van der Waals surface area contributed by atoms with E-state index >= 15 is 0 Å². The number of nitrogens with one attached hydrogen (secondary N) is 2. The number of thiocarbonyl (C=S) groups is 1. The first-order valence-electron chi connectivity index (χ1n) is 9.99. The Morgan fingerprint density at radius 2 is 1.69 bits per heavy atom. The second-order valence-corrected chi connectivity index (χ2v) is 8.91. The Balaban J connectivity index is 1.76. The van der Waals surface area contributed by atoms with Crippen molar-refractivity contribution in [3.8, 4) is 0 Å². The Morgan fingerprint density at radius 1 is 1.04 bits per heavy atom. The molecule has 1 aromatic rings. The molecule has 0 saturated heterocycles. The second kappa shape index (κ2) is 9.70. The van der Waals surface area contributed by atoms with Crippen LogP contribution in [-0.4, -0.2) is 24.2 Å². The molecule has 1 heterocycles. The lowest BCUT2D eigenvalue weighted by Crippen LogP contribution is -2.37. The molecule has 2 N–H and O–H groups in total. The Kier molecular flexibility index (Phi) is 7.32. The van der Waals surface area contributed by atoms with Crippen LogP contribution in [0.25, 0.3) is 0 Å². The van der Waals surface area contributed by atoms with Gasteiger partial charge in [0.15, 0.2) is 5.11 Å². The molecule has 1 aromatic heterocycles. The molecule has 0 bridgehead atoms. The summed E-state index contributed by atoms with van der Waals surface area (Å²) in [6.07, 6.45) is 14.4. The van der Waals surface area contributed by atoms with Crippen LogP contribution in [0.15, 0.2) is 0 Å². The summed E-state index contributed by atoms with van der Waals surface area (Å²) in [5.74, 6) is -0.247. The van der Waals surface area contributed by atoms with Crippen molar-refractivity contribution in [2.45, 2.75) is 83.1 Å². The summed E-state index contributed by atoms with van der Waals surface area (Å²) in [7, 11) is 1.46. The molecule has 0 aromatic carbocycles. The van der Waals surface area contributed by atoms with E-state index in [-0.39, 0.29) is 5.97 Å². The number of carbonyl (C=O) groups excluding carboxylic acids is 1. The maximum absolute atomic E-state index is 12.5. The van der Waals surface area contributed by atoms with E-state index in [2.05, 4.69) is 10.6 Å². The first kappa shape index (κ1) is 19.6. The first-order chi connectivity index (χ1) is 12.7. The van der Waals surface area contributed by atoms with Crippen LogP contribution in [0, 0.1) is 0 Å². The molecule has 0 atom stereocenters. The molecule has 4 nitrogen and oxygen atoms in total. The summed E-state index contributed by atoms with van der Waals surface area (Å²) in [6.45, 7) is 0. The van der Waals surface area contributed by atoms with Gasteiger partial charge in [-0.1, -0.05) is 38.5 Å². The van der Waals surface area contributed by atoms with Gasteiger partial charge in [0.05, 0.1) is 12.7 Å². The van der Waals surface area contributed by atoms with Crippen molar-refractivity contribution >= 4 is 39.6 Å². The maximum atomic E-state index is 12.5. The van der Waals surface area contributed by atoms with E-state index in [1.807, 2.05) is 0 Å². The highest BCUT2D eigenvalue weighted by molar-refractivity contribution is 7.80. The predicted octanol–water partition coefficient (Wildman–Crippen LogP) is 5.20. The Bertz CT molecular complexity index is 634. The Labute approximate surface area is 166 Å². The van der Waals surface area contributed by atoms with Gasteiger partial charge < -0.3 is 15.4 Å². The zero-order chi connectivity index (χ0) is 18.4. The second-order valence-electron chi connectivity index (χ2n) is 7.40. The molecule has 1 fully saturated rings. The minimum atomic E-state index is -0.247. The minimum Gasteiger partial charge on any atom is -0.465 e. The van der Waals surface area contributed by atoms with Gasteiger partial charge in [-0.15, -0.1) is 11.3 Å². The minimum absolute atomic E-state index is 0.247. The fourth-order valence-corrected chi connectivity index (χ4v) is 5.69. The lowest BCUT2D eigenvalue weighted by Gasteiger charge is -2.19. The van der Waals surface area contributed by atoms with Gasteiger partial charge in [-0.3, -0.25) is 0 Å². The number of hydrogen-bond acceptors (Lipinski definition) is 4. The molecule has 2 aliphatic rings. The van der Waals surface area contributed by atoms with Crippen molar-refractivity contribution in [3.05, 3.63) is 16.0 Å². The van der Waals surface area contributed by atoms with Gasteiger partial charge in [0.2, 0.25) is 0 Å². The number of hydrogen-bond donors (Lipinski definition) is 2. The van der Waals surface area contributed by atoms with Crippen LogP contribution in [0.3, 0.4) is 0 Å². The monoisotopic (exact) mass is 394 g/mol. The molecule has 0 aliphatic heterocycles. The third kappa shape index (κ3) is 4.97. The standard InChI is InChI=1S/C20H30N2O2S2/c1-24-19(23)17-15-12-8-4-5-9-13-16(15)26-18(17)22-20(25)21-14-10-6-2-3-7-11-14/h14H,2-13H2,1H3,(H2,21,22,25). The van der Waals surface area contributed by atoms with Crippen LogP contribution in [0.5, 0.6) is 0 Å². The van der Waals surface area contributed by atoms with Crippen molar-refractivity contribution in [3.63, 3.8) is 0 Å². The molecular formula is C20H30N2O2S2. The third-order valence-electron chi connectivity index (χ3n) is 5.48. The van der Waals surface area contributed by atoms with E-state index in [9.17, 15) is 4.79 Å². The largest absolute Gasteiger partial charge is 0.465 e. The van der Waals surface area contributed by atoms with E-state index in [0.717, 1.165) is 24.3 Å². The number of methoxy groups -OCH3 is 1. The van der Waals surface area contributed by atoms with E-state index in [1.54, 1.807) is 11.3 Å². The Hall–Kier alpha value is -1.14. The number of ether oxygens (including phenoxy) is 1. The van der Waals surface area contributed by atoms with Gasteiger partial charge in [0, 0.05) is 10.9 Å². The Morgan fingerprint density at radius 3 is 2.38 bits per heavy atom. The van der Waals surface area contributed by atoms with Crippen molar-refractivity contribution in [2.24, 2.45) is 0 Å². The van der Waals surface area contributed by atoms with E-state index in [4.69, 9.17) is 17.0 Å². The number of anilines is 1. The molecule has 0 radical (unpaired) electrons. The van der Waals surface area contributed by atoms with E-state index < -0.39 is 0 Å². The van der Waals surface area contributed by atoms with Crippen molar-refractivity contribution in [1.82, 2.24) is 5.32 Å². The zero-order valence-corrected chi connectivity index (χ0v) is 17.3. The maximum Gasteiger partial charge on any atom is 0.341 e. The highest BCUT2D eigenvalue weighted by atomic mass is 32.1. The molecule has 0 unspecified atom stereocenters. The number of fused-ring (bicyclic) bond motifs is 1. The van der Waals surface area contributed by atoms with Gasteiger partial charge in [-0.25, -0.2) is 4.79 Å². The van der Waals surface area contributed by atoms with Crippen LogP contribution < -0.4 is 10.6 Å². The number of rotatable bonds is 3. The molecule has 1 saturated carbocycles. The summed E-state index contributed by atoms with van der Waals surface area (Å²) < 4.78 is 5.09. The molecule has 144 valence electrons. The molecular weight excluding hydrogens is 364 g/mol. The van der Waals surface area contributed by atoms with Crippen LogP contribution in [0.2, 0.25) is 0 Å². The molecule has 6 heteroatoms. The van der Waals surface area contributed by atoms with Crippen molar-refractivity contribution in [1.29, 1.82) is 0 Å². The van der Waals surface area contributed by atoms with Crippen LogP contribution in [0.4, 0.5) is 5.00 Å². The highest BCUT2D eigenvalue weighted by Gasteiger charge is 2.25. The van der Waals surface area contributed by atoms with Crippen LogP contribution >= 0.6 is 23.6 Å².